The zero-order valence-corrected chi connectivity index (χ0v) is 17.5. The van der Waals surface area contributed by atoms with Crippen LogP contribution in [0.1, 0.15) is 18.4 Å². The Morgan fingerprint density at radius 1 is 1.29 bits per heavy atom. The zero-order valence-electron chi connectivity index (χ0n) is 16.7. The first-order valence-corrected chi connectivity index (χ1v) is 10.5. The summed E-state index contributed by atoms with van der Waals surface area (Å²) in [6, 6.07) is 6.83. The second-order valence-corrected chi connectivity index (χ2v) is 8.65. The number of amides is 2. The van der Waals surface area contributed by atoms with E-state index in [2.05, 4.69) is 20.6 Å². The third kappa shape index (κ3) is 4.56. The number of aromatic nitrogens is 2. The summed E-state index contributed by atoms with van der Waals surface area (Å²) >= 11 is 5.79. The number of fused-ring (bicyclic) bond motifs is 2. The van der Waals surface area contributed by atoms with Crippen molar-refractivity contribution in [2.24, 2.45) is 29.4 Å². The largest absolute Gasteiger partial charge is 0.399 e. The summed E-state index contributed by atoms with van der Waals surface area (Å²) in [6.45, 7) is 0.471. The molecule has 6 N–H and O–H groups in total. The topological polar surface area (TPSA) is 136 Å². The number of hydrogen-bond acceptors (Lipinski definition) is 6. The van der Waals surface area contributed by atoms with Gasteiger partial charge in [-0.05, 0) is 59.9 Å². The van der Waals surface area contributed by atoms with Gasteiger partial charge in [-0.3, -0.25) is 9.59 Å². The monoisotopic (exact) mass is 446 g/mol. The van der Waals surface area contributed by atoms with E-state index < -0.39 is 17.6 Å². The standard InChI is InChI=1S/C21H24ClFN6O2/c22-21-27-9-15(23)20(29-21)28-18-14-7-11(17(18)19(25)31)6-12(14)8-26-16(30)5-10-2-1-3-13(24)4-10/h1-4,9,11-12,14,17-18H,5-8,24H2,(H2,25,31)(H,26,30)(H,27,28,29)/t11-,12?,14-,17+,18-/m1/s1. The predicted octanol–water partition coefficient (Wildman–Crippen LogP) is 1.75. The van der Waals surface area contributed by atoms with E-state index in [1.165, 1.54) is 0 Å². The number of halogens is 2. The molecule has 8 nitrogen and oxygen atoms in total. The van der Waals surface area contributed by atoms with E-state index in [-0.39, 0.29) is 47.2 Å². The highest BCUT2D eigenvalue weighted by Crippen LogP contribution is 2.52. The Morgan fingerprint density at radius 3 is 2.84 bits per heavy atom. The molecule has 0 aliphatic heterocycles. The van der Waals surface area contributed by atoms with Crippen LogP contribution in [0.5, 0.6) is 0 Å². The Hall–Kier alpha value is -2.94. The molecule has 5 atom stereocenters. The van der Waals surface area contributed by atoms with Gasteiger partial charge in [-0.2, -0.15) is 4.98 Å². The molecule has 0 radical (unpaired) electrons. The molecule has 164 valence electrons. The number of hydrogen-bond donors (Lipinski definition) is 4. The van der Waals surface area contributed by atoms with Crippen LogP contribution in [0, 0.1) is 29.5 Å². The van der Waals surface area contributed by atoms with Crippen molar-refractivity contribution in [1.29, 1.82) is 0 Å². The fourth-order valence-electron chi connectivity index (χ4n) is 5.14. The Morgan fingerprint density at radius 2 is 2.10 bits per heavy atom. The van der Waals surface area contributed by atoms with Crippen molar-refractivity contribution in [2.75, 3.05) is 17.6 Å². The van der Waals surface area contributed by atoms with Gasteiger partial charge < -0.3 is 22.1 Å². The molecule has 2 aliphatic carbocycles. The van der Waals surface area contributed by atoms with Gasteiger partial charge in [0.05, 0.1) is 18.5 Å². The summed E-state index contributed by atoms with van der Waals surface area (Å²) in [5, 5.41) is 5.93. The lowest BCUT2D eigenvalue weighted by Crippen LogP contribution is -2.47. The van der Waals surface area contributed by atoms with Crippen LogP contribution in [0.25, 0.3) is 0 Å². The minimum atomic E-state index is -0.651. The van der Waals surface area contributed by atoms with Gasteiger partial charge in [0.2, 0.25) is 17.1 Å². The summed E-state index contributed by atoms with van der Waals surface area (Å²) < 4.78 is 14.2. The number of carbonyl (C=O) groups is 2. The molecule has 0 saturated heterocycles. The predicted molar refractivity (Wildman–Crippen MR) is 114 cm³/mol. The molecule has 1 aromatic heterocycles. The van der Waals surface area contributed by atoms with Gasteiger partial charge in [0.1, 0.15) is 0 Å². The highest BCUT2D eigenvalue weighted by molar-refractivity contribution is 6.28. The smallest absolute Gasteiger partial charge is 0.224 e. The van der Waals surface area contributed by atoms with Crippen molar-refractivity contribution in [1.82, 2.24) is 15.3 Å². The van der Waals surface area contributed by atoms with E-state index in [1.54, 1.807) is 12.1 Å². The lowest BCUT2D eigenvalue weighted by Gasteiger charge is -2.35. The van der Waals surface area contributed by atoms with Crippen molar-refractivity contribution in [2.45, 2.75) is 25.3 Å². The molecule has 0 spiro atoms. The van der Waals surface area contributed by atoms with Crippen molar-refractivity contribution in [3.63, 3.8) is 0 Å². The summed E-state index contributed by atoms with van der Waals surface area (Å²) in [6.07, 6.45) is 2.78. The third-order valence-electron chi connectivity index (χ3n) is 6.37. The van der Waals surface area contributed by atoms with Gasteiger partial charge in [-0.15, -0.1) is 0 Å². The first-order chi connectivity index (χ1) is 14.8. The average Bonchev–Trinajstić information content (AvgIpc) is 3.27. The fraction of sp³-hybridized carbons (Fsp3) is 0.429. The van der Waals surface area contributed by atoms with Crippen molar-refractivity contribution in [3.05, 3.63) is 47.1 Å². The zero-order chi connectivity index (χ0) is 22.1. The third-order valence-corrected chi connectivity index (χ3v) is 6.55. The minimum Gasteiger partial charge on any atom is -0.399 e. The van der Waals surface area contributed by atoms with E-state index in [0.717, 1.165) is 24.6 Å². The number of primary amides is 1. The van der Waals surface area contributed by atoms with Crippen LogP contribution in [-0.4, -0.2) is 34.4 Å². The van der Waals surface area contributed by atoms with Crippen LogP contribution in [0.3, 0.4) is 0 Å². The van der Waals surface area contributed by atoms with Crippen LogP contribution in [0.4, 0.5) is 15.9 Å². The summed E-state index contributed by atoms with van der Waals surface area (Å²) in [5.74, 6) is -1.39. The molecule has 2 amide bonds. The van der Waals surface area contributed by atoms with Crippen LogP contribution in [0.2, 0.25) is 5.28 Å². The molecule has 1 unspecified atom stereocenters. The van der Waals surface area contributed by atoms with E-state index in [4.69, 9.17) is 23.1 Å². The van der Waals surface area contributed by atoms with Gasteiger partial charge >= 0.3 is 0 Å². The second-order valence-electron chi connectivity index (χ2n) is 8.32. The number of nitrogen functional groups attached to an aromatic ring is 1. The number of rotatable bonds is 7. The maximum atomic E-state index is 14.2. The molecule has 2 fully saturated rings. The van der Waals surface area contributed by atoms with Gasteiger partial charge in [0.15, 0.2) is 11.6 Å². The minimum absolute atomic E-state index is 0.0447. The van der Waals surface area contributed by atoms with Crippen LogP contribution >= 0.6 is 11.6 Å². The molecular formula is C21H24ClFN6O2. The molecular weight excluding hydrogens is 423 g/mol. The molecule has 4 rings (SSSR count). The molecule has 1 heterocycles. The van der Waals surface area contributed by atoms with E-state index in [9.17, 15) is 14.0 Å². The first-order valence-electron chi connectivity index (χ1n) is 10.2. The van der Waals surface area contributed by atoms with Crippen LogP contribution in [-0.2, 0) is 16.0 Å². The fourth-order valence-corrected chi connectivity index (χ4v) is 5.27. The number of nitrogens with zero attached hydrogens (tertiary/aromatic N) is 2. The lowest BCUT2D eigenvalue weighted by molar-refractivity contribution is -0.124. The number of nitrogens with two attached hydrogens (primary N) is 2. The SMILES string of the molecule is NC(=O)[C@H]1[C@@H]2CC(CNC(=O)Cc3cccc(N)c3)[C@@H](C2)[C@H]1Nc1nc(Cl)ncc1F. The molecule has 31 heavy (non-hydrogen) atoms. The number of anilines is 2. The highest BCUT2D eigenvalue weighted by atomic mass is 35.5. The Labute approximate surface area is 184 Å². The Balaban J connectivity index is 1.42. The van der Waals surface area contributed by atoms with Gasteiger partial charge in [0.25, 0.3) is 0 Å². The summed E-state index contributed by atoms with van der Waals surface area (Å²) in [7, 11) is 0. The van der Waals surface area contributed by atoms with Crippen LogP contribution < -0.4 is 22.1 Å². The maximum absolute atomic E-state index is 14.2. The summed E-state index contributed by atoms with van der Waals surface area (Å²) in [4.78, 5) is 32.0. The first kappa shape index (κ1) is 21.3. The van der Waals surface area contributed by atoms with Gasteiger partial charge in [0, 0.05) is 18.3 Å². The van der Waals surface area contributed by atoms with E-state index >= 15 is 0 Å². The average molecular weight is 447 g/mol. The van der Waals surface area contributed by atoms with Crippen molar-refractivity contribution in [3.8, 4) is 0 Å². The van der Waals surface area contributed by atoms with Gasteiger partial charge in [-0.25, -0.2) is 9.37 Å². The van der Waals surface area contributed by atoms with Crippen LogP contribution in [0.15, 0.2) is 30.5 Å². The number of carbonyl (C=O) groups excluding carboxylic acids is 2. The molecule has 2 saturated carbocycles. The number of benzene rings is 1. The van der Waals surface area contributed by atoms with Crippen molar-refractivity contribution >= 4 is 34.9 Å². The van der Waals surface area contributed by atoms with E-state index in [0.29, 0.717) is 12.2 Å². The van der Waals surface area contributed by atoms with Gasteiger partial charge in [-0.1, -0.05) is 12.1 Å². The second kappa shape index (κ2) is 8.66. The molecule has 2 aromatic rings. The normalized spacial score (nSPS) is 26.6. The lowest BCUT2D eigenvalue weighted by atomic mass is 9.77. The highest BCUT2D eigenvalue weighted by Gasteiger charge is 2.54. The molecule has 1 aromatic carbocycles. The summed E-state index contributed by atoms with van der Waals surface area (Å²) in [5.41, 5.74) is 12.9. The molecule has 2 aliphatic rings. The quantitative estimate of drug-likeness (QED) is 0.378. The molecule has 2 bridgehead atoms. The maximum Gasteiger partial charge on any atom is 0.224 e. The number of nitrogens with one attached hydrogen (secondary N) is 2. The Bertz CT molecular complexity index is 1010. The molecule has 10 heteroatoms. The van der Waals surface area contributed by atoms with E-state index in [1.807, 2.05) is 12.1 Å². The Kier molecular flexibility index (Phi) is 5.95. The van der Waals surface area contributed by atoms with Crippen molar-refractivity contribution < 1.29 is 14.0 Å².